The molecule has 8 heteroatoms. The van der Waals surface area contributed by atoms with Gasteiger partial charge in [0.2, 0.25) is 11.8 Å². The number of likely N-dealkylation sites (N-methyl/N-ethyl adjacent to an activating group) is 1. The van der Waals surface area contributed by atoms with E-state index in [2.05, 4.69) is 15.9 Å². The van der Waals surface area contributed by atoms with E-state index in [1.54, 1.807) is 24.3 Å². The molecule has 0 aromatic heterocycles. The van der Waals surface area contributed by atoms with Gasteiger partial charge in [0.15, 0.2) is 6.10 Å². The molecule has 2 fully saturated rings. The molecule has 2 aromatic carbocycles. The number of fused-ring (bicyclic) bond motifs is 1. The van der Waals surface area contributed by atoms with E-state index < -0.39 is 35.9 Å². The van der Waals surface area contributed by atoms with Crippen molar-refractivity contribution >= 4 is 33.7 Å². The van der Waals surface area contributed by atoms with Crippen molar-refractivity contribution < 1.29 is 19.2 Å². The third-order valence-corrected chi connectivity index (χ3v) is 5.95. The summed E-state index contributed by atoms with van der Waals surface area (Å²) in [4.78, 5) is 44.8. The Morgan fingerprint density at radius 2 is 1.71 bits per heavy atom. The zero-order chi connectivity index (χ0) is 20.0. The van der Waals surface area contributed by atoms with Crippen molar-refractivity contribution in [1.29, 1.82) is 0 Å². The predicted octanol–water partition coefficient (Wildman–Crippen LogP) is 1.95. The fraction of sp³-hybridized carbons (Fsp3) is 0.250. The molecule has 0 bridgehead atoms. The van der Waals surface area contributed by atoms with E-state index in [9.17, 15) is 14.4 Å². The summed E-state index contributed by atoms with van der Waals surface area (Å²) in [7, 11) is 1.44. The number of amides is 3. The summed E-state index contributed by atoms with van der Waals surface area (Å²) in [6, 6.07) is 14.7. The van der Waals surface area contributed by atoms with E-state index in [0.717, 1.165) is 14.9 Å². The first-order chi connectivity index (χ1) is 13.4. The van der Waals surface area contributed by atoms with Crippen LogP contribution < -0.4 is 5.73 Å². The summed E-state index contributed by atoms with van der Waals surface area (Å²) in [5.74, 6) is -2.15. The molecule has 4 unspecified atom stereocenters. The Hall–Kier alpha value is -2.55. The number of nitrogens with two attached hydrogens (primary N) is 1. The Kier molecular flexibility index (Phi) is 4.78. The lowest BCUT2D eigenvalue weighted by molar-refractivity contribution is -0.200. The fourth-order valence-electron chi connectivity index (χ4n) is 3.91. The number of nitrogens with zero attached hydrogens (tertiary/aromatic N) is 2. The smallest absolute Gasteiger partial charge is 0.261 e. The van der Waals surface area contributed by atoms with Crippen LogP contribution in [0.5, 0.6) is 0 Å². The largest absolute Gasteiger partial charge is 0.368 e. The summed E-state index contributed by atoms with van der Waals surface area (Å²) >= 11 is 3.52. The normalized spacial score (nSPS) is 25.8. The maximum atomic E-state index is 12.8. The standard InChI is InChI=1S/C20H18BrN3O4/c1-23-19(26)14-16(12-9-5-6-10-13(12)21)24(28-17(14)20(23)27)15(18(22)25)11-7-3-2-4-8-11/h2-10,14-17H,1H3,(H2,22,25). The molecule has 4 rings (SSSR count). The molecule has 7 nitrogen and oxygen atoms in total. The molecule has 2 N–H and O–H groups in total. The zero-order valence-electron chi connectivity index (χ0n) is 15.0. The zero-order valence-corrected chi connectivity index (χ0v) is 16.6. The minimum absolute atomic E-state index is 0.338. The molecule has 3 amide bonds. The molecule has 2 heterocycles. The van der Waals surface area contributed by atoms with Crippen molar-refractivity contribution in [2.75, 3.05) is 7.05 Å². The van der Waals surface area contributed by atoms with E-state index >= 15 is 0 Å². The van der Waals surface area contributed by atoms with Gasteiger partial charge < -0.3 is 5.73 Å². The van der Waals surface area contributed by atoms with Crippen molar-refractivity contribution in [2.24, 2.45) is 11.7 Å². The summed E-state index contributed by atoms with van der Waals surface area (Å²) in [6.07, 6.45) is -0.986. The number of benzene rings is 2. The van der Waals surface area contributed by atoms with E-state index in [-0.39, 0.29) is 5.91 Å². The van der Waals surface area contributed by atoms with Gasteiger partial charge in [-0.2, -0.15) is 5.06 Å². The molecule has 0 aliphatic carbocycles. The van der Waals surface area contributed by atoms with Crippen LogP contribution in [0.3, 0.4) is 0 Å². The van der Waals surface area contributed by atoms with Gasteiger partial charge in [0.05, 0.1) is 12.0 Å². The summed E-state index contributed by atoms with van der Waals surface area (Å²) in [5.41, 5.74) is 7.09. The van der Waals surface area contributed by atoms with Crippen molar-refractivity contribution in [3.8, 4) is 0 Å². The Balaban J connectivity index is 1.86. The highest BCUT2D eigenvalue weighted by molar-refractivity contribution is 9.10. The summed E-state index contributed by atoms with van der Waals surface area (Å²) in [5, 5.41) is 1.41. The lowest BCUT2D eigenvalue weighted by Gasteiger charge is -2.32. The molecule has 0 saturated carbocycles. The average molecular weight is 444 g/mol. The second kappa shape index (κ2) is 7.12. The third-order valence-electron chi connectivity index (χ3n) is 5.23. The number of imide groups is 1. The SMILES string of the molecule is CN1C(=O)C2ON(C(C(N)=O)c3ccccc3)C(c3ccccc3Br)C2C1=O. The lowest BCUT2D eigenvalue weighted by atomic mass is 9.89. The molecule has 2 aromatic rings. The molecule has 2 aliphatic heterocycles. The van der Waals surface area contributed by atoms with Gasteiger partial charge >= 0.3 is 0 Å². The number of halogens is 1. The quantitative estimate of drug-likeness (QED) is 0.728. The fourth-order valence-corrected chi connectivity index (χ4v) is 4.43. The maximum Gasteiger partial charge on any atom is 0.261 e. The van der Waals surface area contributed by atoms with Gasteiger partial charge in [0.25, 0.3) is 5.91 Å². The van der Waals surface area contributed by atoms with Crippen molar-refractivity contribution in [1.82, 2.24) is 9.96 Å². The number of primary amides is 1. The van der Waals surface area contributed by atoms with Crippen LogP contribution in [0.1, 0.15) is 23.2 Å². The molecular weight excluding hydrogens is 426 g/mol. The number of carbonyl (C=O) groups excluding carboxylic acids is 3. The summed E-state index contributed by atoms with van der Waals surface area (Å²) < 4.78 is 0.750. The number of hydroxylamine groups is 2. The van der Waals surface area contributed by atoms with Crippen LogP contribution in [-0.4, -0.2) is 40.8 Å². The number of hydrogen-bond acceptors (Lipinski definition) is 5. The van der Waals surface area contributed by atoms with Crippen molar-refractivity contribution in [3.63, 3.8) is 0 Å². The van der Waals surface area contributed by atoms with E-state index in [4.69, 9.17) is 10.6 Å². The Morgan fingerprint density at radius 3 is 2.36 bits per heavy atom. The Labute approximate surface area is 170 Å². The number of likely N-dealkylation sites (tertiary alicyclic amines) is 1. The molecule has 2 aliphatic rings. The first-order valence-electron chi connectivity index (χ1n) is 8.77. The topological polar surface area (TPSA) is 92.9 Å². The highest BCUT2D eigenvalue weighted by Gasteiger charge is 2.60. The van der Waals surface area contributed by atoms with E-state index in [1.807, 2.05) is 30.3 Å². The minimum atomic E-state index is -0.986. The van der Waals surface area contributed by atoms with Gasteiger partial charge in [-0.15, -0.1) is 0 Å². The van der Waals surface area contributed by atoms with Gasteiger partial charge in [-0.1, -0.05) is 64.5 Å². The Bertz CT molecular complexity index is 951. The van der Waals surface area contributed by atoms with Crippen LogP contribution in [0, 0.1) is 5.92 Å². The molecule has 0 radical (unpaired) electrons. The van der Waals surface area contributed by atoms with Gasteiger partial charge in [0.1, 0.15) is 6.04 Å². The molecule has 2 saturated heterocycles. The lowest BCUT2D eigenvalue weighted by Crippen LogP contribution is -2.41. The second-order valence-corrected chi connectivity index (χ2v) is 7.68. The third kappa shape index (κ3) is 2.85. The Morgan fingerprint density at radius 1 is 1.07 bits per heavy atom. The van der Waals surface area contributed by atoms with Gasteiger partial charge in [-0.3, -0.25) is 24.1 Å². The van der Waals surface area contributed by atoms with Crippen LogP contribution in [0.25, 0.3) is 0 Å². The number of rotatable bonds is 4. The predicted molar refractivity (Wildman–Crippen MR) is 103 cm³/mol. The number of carbonyl (C=O) groups is 3. The maximum absolute atomic E-state index is 12.8. The first kappa shape index (κ1) is 18.8. The second-order valence-electron chi connectivity index (χ2n) is 6.83. The average Bonchev–Trinajstić information content (AvgIpc) is 3.15. The van der Waals surface area contributed by atoms with Crippen molar-refractivity contribution in [2.45, 2.75) is 18.2 Å². The molecule has 0 spiro atoms. The van der Waals surface area contributed by atoms with Gasteiger partial charge in [0, 0.05) is 11.5 Å². The van der Waals surface area contributed by atoms with Crippen LogP contribution in [0.15, 0.2) is 59.1 Å². The van der Waals surface area contributed by atoms with E-state index in [0.29, 0.717) is 5.56 Å². The molecular formula is C20H18BrN3O4. The van der Waals surface area contributed by atoms with Crippen LogP contribution in [0.4, 0.5) is 0 Å². The van der Waals surface area contributed by atoms with Gasteiger partial charge in [-0.05, 0) is 17.2 Å². The summed E-state index contributed by atoms with van der Waals surface area (Å²) in [6.45, 7) is 0. The number of hydrogen-bond donors (Lipinski definition) is 1. The molecule has 28 heavy (non-hydrogen) atoms. The van der Waals surface area contributed by atoms with Crippen LogP contribution in [-0.2, 0) is 19.2 Å². The highest BCUT2D eigenvalue weighted by atomic mass is 79.9. The van der Waals surface area contributed by atoms with Gasteiger partial charge in [-0.25, -0.2) is 0 Å². The molecule has 144 valence electrons. The van der Waals surface area contributed by atoms with Crippen molar-refractivity contribution in [3.05, 3.63) is 70.2 Å². The molecule has 4 atom stereocenters. The minimum Gasteiger partial charge on any atom is -0.368 e. The van der Waals surface area contributed by atoms with E-state index in [1.165, 1.54) is 12.1 Å². The van der Waals surface area contributed by atoms with Crippen LogP contribution in [0.2, 0.25) is 0 Å². The highest BCUT2D eigenvalue weighted by Crippen LogP contribution is 2.49. The monoisotopic (exact) mass is 443 g/mol. The van der Waals surface area contributed by atoms with Crippen LogP contribution >= 0.6 is 15.9 Å². The first-order valence-corrected chi connectivity index (χ1v) is 9.56.